The standard InChI is InChI=1S/C12H13ClN2O3S/c1-12(7-18-11(19)15-12)6-17-10(16)14-9-4-2-8(13)3-5-9/h2-5H,6-7H2,1H3,(H,14,16)(H,15,19). The second-order valence-corrected chi connectivity index (χ2v) is 5.28. The molecule has 1 aliphatic rings. The molecule has 0 aliphatic carbocycles. The van der Waals surface area contributed by atoms with Gasteiger partial charge in [-0.05, 0) is 43.4 Å². The second-order valence-electron chi connectivity index (χ2n) is 4.47. The largest absolute Gasteiger partial charge is 0.468 e. The van der Waals surface area contributed by atoms with Crippen molar-refractivity contribution in [2.45, 2.75) is 12.5 Å². The first-order valence-corrected chi connectivity index (χ1v) is 6.40. The molecular formula is C12H13ClN2O3S. The fraction of sp³-hybridized carbons (Fsp3) is 0.333. The van der Waals surface area contributed by atoms with E-state index in [-0.39, 0.29) is 6.61 Å². The lowest BCUT2D eigenvalue weighted by Gasteiger charge is -2.20. The quantitative estimate of drug-likeness (QED) is 0.840. The third-order valence-corrected chi connectivity index (χ3v) is 3.01. The molecule has 1 unspecified atom stereocenters. The number of ether oxygens (including phenoxy) is 2. The van der Waals surface area contributed by atoms with E-state index < -0.39 is 11.6 Å². The molecule has 5 nitrogen and oxygen atoms in total. The number of hydrogen-bond acceptors (Lipinski definition) is 4. The van der Waals surface area contributed by atoms with Gasteiger partial charge in [-0.15, -0.1) is 0 Å². The van der Waals surface area contributed by atoms with E-state index in [2.05, 4.69) is 10.6 Å². The molecule has 2 N–H and O–H groups in total. The van der Waals surface area contributed by atoms with Gasteiger partial charge in [0, 0.05) is 10.7 Å². The number of carbonyl (C=O) groups excluding carboxylic acids is 1. The van der Waals surface area contributed by atoms with E-state index in [4.69, 9.17) is 33.3 Å². The van der Waals surface area contributed by atoms with Crippen molar-refractivity contribution >= 4 is 40.8 Å². The average molecular weight is 301 g/mol. The number of benzene rings is 1. The minimum Gasteiger partial charge on any atom is -0.468 e. The van der Waals surface area contributed by atoms with Gasteiger partial charge in [-0.3, -0.25) is 5.32 Å². The summed E-state index contributed by atoms with van der Waals surface area (Å²) in [4.78, 5) is 11.6. The van der Waals surface area contributed by atoms with Gasteiger partial charge in [0.15, 0.2) is 0 Å². The number of amides is 1. The number of hydrogen-bond donors (Lipinski definition) is 2. The van der Waals surface area contributed by atoms with Gasteiger partial charge in [-0.25, -0.2) is 4.79 Å². The summed E-state index contributed by atoms with van der Waals surface area (Å²) in [6, 6.07) is 6.75. The molecule has 0 aromatic heterocycles. The molecule has 0 radical (unpaired) electrons. The first kappa shape index (κ1) is 13.9. The van der Waals surface area contributed by atoms with Gasteiger partial charge in [0.05, 0.1) is 0 Å². The molecule has 1 fully saturated rings. The van der Waals surface area contributed by atoms with Crippen molar-refractivity contribution in [2.24, 2.45) is 0 Å². The Morgan fingerprint density at radius 1 is 1.58 bits per heavy atom. The minimum atomic E-state index is -0.539. The maximum Gasteiger partial charge on any atom is 0.411 e. The maximum atomic E-state index is 11.6. The Labute approximate surface area is 121 Å². The first-order valence-electron chi connectivity index (χ1n) is 5.61. The molecule has 1 amide bonds. The molecule has 1 heterocycles. The summed E-state index contributed by atoms with van der Waals surface area (Å²) in [6.07, 6.45) is -0.539. The molecule has 1 saturated heterocycles. The zero-order chi connectivity index (χ0) is 13.9. The summed E-state index contributed by atoms with van der Waals surface area (Å²) in [5.74, 6) is 0. The number of thiocarbonyl (C=S) groups is 1. The van der Waals surface area contributed by atoms with E-state index in [0.717, 1.165) is 0 Å². The molecule has 0 saturated carbocycles. The van der Waals surface area contributed by atoms with Crippen LogP contribution in [0.2, 0.25) is 5.02 Å². The Morgan fingerprint density at radius 2 is 2.26 bits per heavy atom. The number of halogens is 1. The Balaban J connectivity index is 1.82. The summed E-state index contributed by atoms with van der Waals surface area (Å²) in [5, 5.41) is 6.47. The van der Waals surface area contributed by atoms with Crippen LogP contribution >= 0.6 is 23.8 Å². The molecule has 0 bridgehead atoms. The van der Waals surface area contributed by atoms with Crippen molar-refractivity contribution in [3.63, 3.8) is 0 Å². The lowest BCUT2D eigenvalue weighted by Crippen LogP contribution is -2.45. The smallest absolute Gasteiger partial charge is 0.411 e. The van der Waals surface area contributed by atoms with Crippen molar-refractivity contribution in [3.05, 3.63) is 29.3 Å². The van der Waals surface area contributed by atoms with E-state index in [9.17, 15) is 4.79 Å². The number of rotatable bonds is 3. The van der Waals surface area contributed by atoms with E-state index in [1.165, 1.54) is 0 Å². The fourth-order valence-corrected chi connectivity index (χ4v) is 1.96. The minimum absolute atomic E-state index is 0.159. The molecule has 1 aromatic carbocycles. The van der Waals surface area contributed by atoms with Crippen LogP contribution in [0.1, 0.15) is 6.92 Å². The third-order valence-electron chi connectivity index (χ3n) is 2.54. The SMILES string of the molecule is CC1(COC(=O)Nc2ccc(Cl)cc2)COC(=S)N1. The molecule has 102 valence electrons. The topological polar surface area (TPSA) is 59.6 Å². The molecular weight excluding hydrogens is 288 g/mol. The molecule has 19 heavy (non-hydrogen) atoms. The van der Waals surface area contributed by atoms with Crippen LogP contribution in [0.5, 0.6) is 0 Å². The lowest BCUT2D eigenvalue weighted by molar-refractivity contribution is 0.120. The van der Waals surface area contributed by atoms with Crippen molar-refractivity contribution in [1.82, 2.24) is 5.32 Å². The predicted molar refractivity (Wildman–Crippen MR) is 76.5 cm³/mol. The fourth-order valence-electron chi connectivity index (χ4n) is 1.53. The normalized spacial score (nSPS) is 21.5. The zero-order valence-electron chi connectivity index (χ0n) is 10.2. The van der Waals surface area contributed by atoms with Crippen LogP contribution in [0.3, 0.4) is 0 Å². The van der Waals surface area contributed by atoms with Crippen LogP contribution in [-0.2, 0) is 9.47 Å². The van der Waals surface area contributed by atoms with Gasteiger partial charge in [0.25, 0.3) is 5.17 Å². The molecule has 1 aromatic rings. The summed E-state index contributed by atoms with van der Waals surface area (Å²) >= 11 is 10.6. The third kappa shape index (κ3) is 3.97. The van der Waals surface area contributed by atoms with Crippen LogP contribution in [-0.4, -0.2) is 30.0 Å². The van der Waals surface area contributed by atoms with Crippen molar-refractivity contribution < 1.29 is 14.3 Å². The van der Waals surface area contributed by atoms with E-state index in [1.54, 1.807) is 24.3 Å². The second kappa shape index (κ2) is 5.63. The van der Waals surface area contributed by atoms with Gasteiger partial charge in [-0.1, -0.05) is 11.6 Å². The Kier molecular flexibility index (Phi) is 4.11. The predicted octanol–water partition coefficient (Wildman–Crippen LogP) is 2.55. The van der Waals surface area contributed by atoms with Gasteiger partial charge >= 0.3 is 6.09 Å². The Bertz CT molecular complexity index is 494. The Morgan fingerprint density at radius 3 is 2.84 bits per heavy atom. The highest BCUT2D eigenvalue weighted by atomic mass is 35.5. The van der Waals surface area contributed by atoms with Gasteiger partial charge in [-0.2, -0.15) is 0 Å². The van der Waals surface area contributed by atoms with E-state index in [0.29, 0.717) is 22.5 Å². The van der Waals surface area contributed by atoms with Crippen LogP contribution in [0.25, 0.3) is 0 Å². The van der Waals surface area contributed by atoms with Crippen molar-refractivity contribution in [1.29, 1.82) is 0 Å². The van der Waals surface area contributed by atoms with E-state index in [1.807, 2.05) is 6.92 Å². The number of carbonyl (C=O) groups is 1. The molecule has 2 rings (SSSR count). The summed E-state index contributed by atoms with van der Waals surface area (Å²) in [6.45, 7) is 2.40. The van der Waals surface area contributed by atoms with Gasteiger partial charge in [0.2, 0.25) is 0 Å². The highest BCUT2D eigenvalue weighted by Gasteiger charge is 2.34. The van der Waals surface area contributed by atoms with Crippen molar-refractivity contribution in [3.8, 4) is 0 Å². The molecule has 1 aliphatic heterocycles. The van der Waals surface area contributed by atoms with E-state index >= 15 is 0 Å². The van der Waals surface area contributed by atoms with Crippen molar-refractivity contribution in [2.75, 3.05) is 18.5 Å². The average Bonchev–Trinajstić information content (AvgIpc) is 2.71. The highest BCUT2D eigenvalue weighted by Crippen LogP contribution is 2.15. The summed E-state index contributed by atoms with van der Waals surface area (Å²) in [5.41, 5.74) is 0.139. The van der Waals surface area contributed by atoms with Crippen LogP contribution < -0.4 is 10.6 Å². The highest BCUT2D eigenvalue weighted by molar-refractivity contribution is 7.80. The monoisotopic (exact) mass is 300 g/mol. The first-order chi connectivity index (χ1) is 8.97. The number of anilines is 1. The summed E-state index contributed by atoms with van der Waals surface area (Å²) < 4.78 is 10.3. The number of nitrogens with one attached hydrogen (secondary N) is 2. The molecule has 1 atom stereocenters. The van der Waals surface area contributed by atoms with Crippen LogP contribution in [0.15, 0.2) is 24.3 Å². The van der Waals surface area contributed by atoms with Gasteiger partial charge < -0.3 is 14.8 Å². The Hall–Kier alpha value is -1.53. The summed E-state index contributed by atoms with van der Waals surface area (Å²) in [7, 11) is 0. The maximum absolute atomic E-state index is 11.6. The molecule has 7 heteroatoms. The zero-order valence-corrected chi connectivity index (χ0v) is 11.8. The van der Waals surface area contributed by atoms with Crippen LogP contribution in [0.4, 0.5) is 10.5 Å². The van der Waals surface area contributed by atoms with Gasteiger partial charge in [0.1, 0.15) is 18.8 Å². The van der Waals surface area contributed by atoms with Crippen LogP contribution in [0, 0.1) is 0 Å². The molecule has 0 spiro atoms. The lowest BCUT2D eigenvalue weighted by atomic mass is 10.1.